The van der Waals surface area contributed by atoms with Gasteiger partial charge in [-0.15, -0.1) is 0 Å². The van der Waals surface area contributed by atoms with E-state index >= 15 is 0 Å². The van der Waals surface area contributed by atoms with Crippen molar-refractivity contribution in [1.29, 1.82) is 0 Å². The lowest BCUT2D eigenvalue weighted by atomic mass is 9.96. The molecular weight excluding hydrogens is 586 g/mol. The van der Waals surface area contributed by atoms with Gasteiger partial charge in [0.15, 0.2) is 9.84 Å². The topological polar surface area (TPSA) is 109 Å². The Balaban J connectivity index is 1.79. The maximum Gasteiger partial charge on any atom is 0.355 e. The van der Waals surface area contributed by atoms with Gasteiger partial charge >= 0.3 is 11.9 Å². The van der Waals surface area contributed by atoms with Crippen LogP contribution in [0.3, 0.4) is 0 Å². The second-order valence-corrected chi connectivity index (χ2v) is 11.8. The van der Waals surface area contributed by atoms with Crippen LogP contribution in [0.4, 0.5) is 0 Å². The van der Waals surface area contributed by atoms with Crippen LogP contribution in [0.15, 0.2) is 87.0 Å². The van der Waals surface area contributed by atoms with Crippen molar-refractivity contribution in [3.8, 4) is 11.1 Å². The average Bonchev–Trinajstić information content (AvgIpc) is 2.94. The average molecular weight is 612 g/mol. The zero-order valence-corrected chi connectivity index (χ0v) is 23.8. The van der Waals surface area contributed by atoms with Crippen LogP contribution in [0, 0.1) is 0 Å². The van der Waals surface area contributed by atoms with Gasteiger partial charge in [0.25, 0.3) is 5.56 Å². The van der Waals surface area contributed by atoms with Crippen LogP contribution in [-0.2, 0) is 30.7 Å². The molecule has 202 valence electrons. The molecule has 1 heterocycles. The molecule has 3 aromatic carbocycles. The first-order valence-electron chi connectivity index (χ1n) is 12.0. The highest BCUT2D eigenvalue weighted by Gasteiger charge is 2.24. The van der Waals surface area contributed by atoms with Crippen LogP contribution in [0.25, 0.3) is 21.9 Å². The number of pyridine rings is 1. The molecule has 0 aliphatic rings. The van der Waals surface area contributed by atoms with Gasteiger partial charge in [0.2, 0.25) is 0 Å². The molecule has 39 heavy (non-hydrogen) atoms. The normalized spacial score (nSPS) is 11.4. The number of ether oxygens (including phenoxy) is 2. The summed E-state index contributed by atoms with van der Waals surface area (Å²) in [5.74, 6) is -1.34. The zero-order chi connectivity index (χ0) is 28.2. The van der Waals surface area contributed by atoms with Gasteiger partial charge in [-0.2, -0.15) is 0 Å². The third-order valence-electron chi connectivity index (χ3n) is 6.32. The summed E-state index contributed by atoms with van der Waals surface area (Å²) in [7, 11) is -1.10. The van der Waals surface area contributed by atoms with Crippen molar-refractivity contribution in [3.63, 3.8) is 0 Å². The van der Waals surface area contributed by atoms with E-state index < -0.39 is 21.8 Å². The monoisotopic (exact) mass is 611 g/mol. The van der Waals surface area contributed by atoms with E-state index in [-0.39, 0.29) is 41.3 Å². The lowest BCUT2D eigenvalue weighted by Crippen LogP contribution is -2.28. The third kappa shape index (κ3) is 6.12. The molecule has 0 spiro atoms. The summed E-state index contributed by atoms with van der Waals surface area (Å²) in [4.78, 5) is 38.3. The van der Waals surface area contributed by atoms with Gasteiger partial charge in [-0.1, -0.05) is 58.4 Å². The third-order valence-corrected chi connectivity index (χ3v) is 8.63. The molecule has 0 saturated heterocycles. The number of aromatic nitrogens is 1. The molecule has 0 atom stereocenters. The van der Waals surface area contributed by atoms with Crippen molar-refractivity contribution in [2.75, 3.05) is 20.0 Å². The smallest absolute Gasteiger partial charge is 0.355 e. The number of halogens is 1. The van der Waals surface area contributed by atoms with Crippen molar-refractivity contribution >= 4 is 48.5 Å². The minimum absolute atomic E-state index is 0.00924. The van der Waals surface area contributed by atoms with E-state index in [9.17, 15) is 22.8 Å². The van der Waals surface area contributed by atoms with Crippen molar-refractivity contribution in [3.05, 3.63) is 98.9 Å². The molecular formula is C29H26BrNO7S. The summed E-state index contributed by atoms with van der Waals surface area (Å²) in [5.41, 5.74) is 1.63. The largest absolute Gasteiger partial charge is 0.469 e. The Labute approximate surface area is 234 Å². The number of rotatable bonds is 9. The van der Waals surface area contributed by atoms with E-state index in [4.69, 9.17) is 4.74 Å². The molecule has 10 heteroatoms. The summed E-state index contributed by atoms with van der Waals surface area (Å²) in [6.45, 7) is 0.0117. The van der Waals surface area contributed by atoms with E-state index in [1.807, 2.05) is 30.3 Å². The molecule has 0 N–H and O–H groups in total. The molecule has 0 bridgehead atoms. The fraction of sp³-hybridized carbons (Fsp3) is 0.207. The zero-order valence-electron chi connectivity index (χ0n) is 21.3. The highest BCUT2D eigenvalue weighted by Crippen LogP contribution is 2.33. The van der Waals surface area contributed by atoms with E-state index in [1.54, 1.807) is 30.3 Å². The second-order valence-electron chi connectivity index (χ2n) is 8.80. The molecule has 0 aliphatic carbocycles. The van der Waals surface area contributed by atoms with Crippen LogP contribution >= 0.6 is 15.9 Å². The maximum atomic E-state index is 13.7. The lowest BCUT2D eigenvalue weighted by Gasteiger charge is -2.19. The van der Waals surface area contributed by atoms with Gasteiger partial charge in [0.05, 0.1) is 31.4 Å². The van der Waals surface area contributed by atoms with Crippen LogP contribution in [0.5, 0.6) is 0 Å². The predicted molar refractivity (Wildman–Crippen MR) is 152 cm³/mol. The summed E-state index contributed by atoms with van der Waals surface area (Å²) >= 11 is 3.47. The number of hydrogen-bond acceptors (Lipinski definition) is 7. The Bertz CT molecular complexity index is 1700. The number of hydrogen-bond donors (Lipinski definition) is 0. The second kappa shape index (κ2) is 12.0. The minimum Gasteiger partial charge on any atom is -0.469 e. The fourth-order valence-electron chi connectivity index (χ4n) is 4.39. The molecule has 4 aromatic rings. The Kier molecular flexibility index (Phi) is 8.66. The lowest BCUT2D eigenvalue weighted by molar-refractivity contribution is -0.140. The van der Waals surface area contributed by atoms with Crippen LogP contribution in [0.1, 0.15) is 28.9 Å². The van der Waals surface area contributed by atoms with Crippen LogP contribution < -0.4 is 5.56 Å². The van der Waals surface area contributed by atoms with Gasteiger partial charge in [0.1, 0.15) is 5.69 Å². The van der Waals surface area contributed by atoms with E-state index in [0.717, 1.165) is 10.0 Å². The number of methoxy groups -OCH3 is 2. The highest BCUT2D eigenvalue weighted by atomic mass is 79.9. The van der Waals surface area contributed by atoms with Crippen molar-refractivity contribution in [2.24, 2.45) is 0 Å². The first-order valence-corrected chi connectivity index (χ1v) is 14.5. The van der Waals surface area contributed by atoms with Crippen molar-refractivity contribution in [1.82, 2.24) is 4.57 Å². The number of sulfone groups is 1. The number of esters is 2. The van der Waals surface area contributed by atoms with Gasteiger partial charge in [-0.3, -0.25) is 14.2 Å². The molecule has 0 radical (unpaired) electrons. The summed E-state index contributed by atoms with van der Waals surface area (Å²) in [6, 6.07) is 20.7. The van der Waals surface area contributed by atoms with Crippen LogP contribution in [-0.4, -0.2) is 44.9 Å². The summed E-state index contributed by atoms with van der Waals surface area (Å²) < 4.78 is 37.2. The van der Waals surface area contributed by atoms with E-state index in [2.05, 4.69) is 20.7 Å². The van der Waals surface area contributed by atoms with Gasteiger partial charge in [-0.05, 0) is 53.3 Å². The van der Waals surface area contributed by atoms with Crippen molar-refractivity contribution in [2.45, 2.75) is 24.3 Å². The number of nitrogens with zero attached hydrogens (tertiary/aromatic N) is 1. The number of carbonyl (C=O) groups excluding carboxylic acids is 2. The van der Waals surface area contributed by atoms with E-state index in [1.165, 1.54) is 30.9 Å². The fourth-order valence-corrected chi connectivity index (χ4v) is 6.06. The molecule has 0 unspecified atom stereocenters. The minimum atomic E-state index is -3.62. The molecule has 0 amide bonds. The number of carbonyl (C=O) groups is 2. The summed E-state index contributed by atoms with van der Waals surface area (Å²) in [5, 5.41) is 1.03. The molecule has 0 aliphatic heterocycles. The van der Waals surface area contributed by atoms with Crippen molar-refractivity contribution < 1.29 is 27.5 Å². The van der Waals surface area contributed by atoms with Gasteiger partial charge in [0, 0.05) is 21.8 Å². The summed E-state index contributed by atoms with van der Waals surface area (Å²) in [6.07, 6.45) is 0.152. The Hall–Kier alpha value is -3.76. The SMILES string of the molecule is COC(=O)CCCS(=O)(=O)c1ccc(Cn2c(C(=O)OC)c(-c3ccccc3)c3cc(Br)ccc3c2=O)cc1. The molecule has 8 nitrogen and oxygen atoms in total. The Morgan fingerprint density at radius 2 is 1.59 bits per heavy atom. The maximum absolute atomic E-state index is 13.7. The number of fused-ring (bicyclic) bond motifs is 1. The quantitative estimate of drug-likeness (QED) is 0.245. The van der Waals surface area contributed by atoms with Gasteiger partial charge in [-0.25, -0.2) is 13.2 Å². The predicted octanol–water partition coefficient (Wildman–Crippen LogP) is 4.99. The molecule has 1 aromatic heterocycles. The molecule has 4 rings (SSSR count). The van der Waals surface area contributed by atoms with Gasteiger partial charge < -0.3 is 9.47 Å². The standard InChI is InChI=1S/C29H26BrNO7S/c1-37-25(32)9-6-16-39(35,36)22-13-10-19(11-14-22)18-31-27(29(34)38-2)26(20-7-4-3-5-8-20)24-17-21(30)12-15-23(24)28(31)33/h3-5,7-8,10-15,17H,6,9,16,18H2,1-2H3. The first kappa shape index (κ1) is 28.3. The highest BCUT2D eigenvalue weighted by molar-refractivity contribution is 9.10. The Morgan fingerprint density at radius 3 is 2.23 bits per heavy atom. The molecule has 0 fully saturated rings. The molecule has 0 saturated carbocycles. The van der Waals surface area contributed by atoms with Crippen LogP contribution in [0.2, 0.25) is 0 Å². The first-order chi connectivity index (χ1) is 18.7. The Morgan fingerprint density at radius 1 is 0.897 bits per heavy atom. The van der Waals surface area contributed by atoms with E-state index in [0.29, 0.717) is 21.9 Å². The number of benzene rings is 3.